The van der Waals surface area contributed by atoms with E-state index >= 15 is 0 Å². The van der Waals surface area contributed by atoms with Crippen molar-refractivity contribution in [3.8, 4) is 11.8 Å². The number of pyridine rings is 1. The van der Waals surface area contributed by atoms with Crippen molar-refractivity contribution in [3.05, 3.63) is 23.0 Å². The van der Waals surface area contributed by atoms with Gasteiger partial charge in [-0.2, -0.15) is 5.26 Å². The van der Waals surface area contributed by atoms with Crippen LogP contribution in [0.5, 0.6) is 5.75 Å². The molecule has 0 saturated carbocycles. The Hall–Kier alpha value is -1.60. The summed E-state index contributed by atoms with van der Waals surface area (Å²) in [6.07, 6.45) is 1.55. The van der Waals surface area contributed by atoms with E-state index in [0.717, 1.165) is 11.3 Å². The van der Waals surface area contributed by atoms with Crippen LogP contribution in [0.25, 0.3) is 0 Å². The first-order valence-corrected chi connectivity index (χ1v) is 4.75. The number of aryl methyl sites for hydroxylation is 1. The van der Waals surface area contributed by atoms with Crippen LogP contribution in [0.2, 0.25) is 0 Å². The molecule has 4 heteroatoms. The molecule has 0 aliphatic carbocycles. The Morgan fingerprint density at radius 3 is 2.93 bits per heavy atom. The van der Waals surface area contributed by atoms with Gasteiger partial charge in [-0.1, -0.05) is 0 Å². The summed E-state index contributed by atoms with van der Waals surface area (Å²) in [4.78, 5) is 4.13. The Morgan fingerprint density at radius 1 is 1.53 bits per heavy atom. The number of hydrogen-bond acceptors (Lipinski definition) is 4. The van der Waals surface area contributed by atoms with Crippen molar-refractivity contribution in [1.29, 1.82) is 5.26 Å². The van der Waals surface area contributed by atoms with Gasteiger partial charge in [0.25, 0.3) is 0 Å². The van der Waals surface area contributed by atoms with Gasteiger partial charge < -0.3 is 9.47 Å². The zero-order valence-corrected chi connectivity index (χ0v) is 9.00. The van der Waals surface area contributed by atoms with Crippen molar-refractivity contribution in [3.63, 3.8) is 0 Å². The number of fused-ring (bicyclic) bond motifs is 1. The minimum atomic E-state index is -0.645. The van der Waals surface area contributed by atoms with Crippen LogP contribution in [0.1, 0.15) is 30.7 Å². The van der Waals surface area contributed by atoms with Gasteiger partial charge in [0.2, 0.25) is 5.79 Å². The number of nitrogens with zero attached hydrogens (tertiary/aromatic N) is 2. The van der Waals surface area contributed by atoms with Gasteiger partial charge in [-0.25, -0.2) is 0 Å². The number of rotatable bonds is 0. The smallest absolute Gasteiger partial charge is 0.205 e. The predicted molar refractivity (Wildman–Crippen MR) is 53.2 cm³/mol. The highest BCUT2D eigenvalue weighted by molar-refractivity contribution is 5.47. The molecular weight excluding hydrogens is 192 g/mol. The second-order valence-electron chi connectivity index (χ2n) is 3.97. The summed E-state index contributed by atoms with van der Waals surface area (Å²) >= 11 is 0. The molecule has 0 unspecified atom stereocenters. The first-order chi connectivity index (χ1) is 7.03. The molecule has 1 aromatic rings. The summed E-state index contributed by atoms with van der Waals surface area (Å²) in [7, 11) is 0. The van der Waals surface area contributed by atoms with E-state index in [1.807, 2.05) is 20.8 Å². The lowest BCUT2D eigenvalue weighted by Crippen LogP contribution is -2.36. The fourth-order valence-corrected chi connectivity index (χ4v) is 1.53. The van der Waals surface area contributed by atoms with Crippen molar-refractivity contribution in [2.24, 2.45) is 0 Å². The number of ether oxygens (including phenoxy) is 2. The van der Waals surface area contributed by atoms with Gasteiger partial charge in [0, 0.05) is 25.6 Å². The van der Waals surface area contributed by atoms with Crippen LogP contribution in [0.3, 0.4) is 0 Å². The van der Waals surface area contributed by atoms with E-state index < -0.39 is 5.79 Å². The Bertz CT molecular complexity index is 447. The maximum Gasteiger partial charge on any atom is 0.205 e. The molecule has 0 saturated heterocycles. The Morgan fingerprint density at radius 2 is 2.27 bits per heavy atom. The molecule has 1 aliphatic heterocycles. The molecule has 0 atom stereocenters. The lowest BCUT2D eigenvalue weighted by atomic mass is 10.1. The second-order valence-corrected chi connectivity index (χ2v) is 3.97. The summed E-state index contributed by atoms with van der Waals surface area (Å²) in [5.41, 5.74) is 2.11. The lowest BCUT2D eigenvalue weighted by Gasteiger charge is -2.33. The van der Waals surface area contributed by atoms with Crippen molar-refractivity contribution >= 4 is 0 Å². The molecule has 2 rings (SSSR count). The van der Waals surface area contributed by atoms with Crippen LogP contribution in [-0.2, 0) is 11.3 Å². The van der Waals surface area contributed by atoms with Crippen molar-refractivity contribution in [2.75, 3.05) is 0 Å². The molecule has 15 heavy (non-hydrogen) atoms. The molecule has 1 aliphatic rings. The largest absolute Gasteiger partial charge is 0.461 e. The SMILES string of the molecule is Cc1ncc(C#N)c2c1OC(C)(C)OC2. The molecule has 0 N–H and O–H groups in total. The Kier molecular flexibility index (Phi) is 2.13. The van der Waals surface area contributed by atoms with E-state index in [2.05, 4.69) is 11.1 Å². The standard InChI is InChI=1S/C11H12N2O2/c1-7-10-9(8(4-12)5-13-7)6-14-11(2,3)15-10/h5H,6H2,1-3H3. The quantitative estimate of drug-likeness (QED) is 0.647. The maximum absolute atomic E-state index is 8.91. The molecular formula is C11H12N2O2. The Labute approximate surface area is 88.5 Å². The van der Waals surface area contributed by atoms with Crippen LogP contribution < -0.4 is 4.74 Å². The summed E-state index contributed by atoms with van der Waals surface area (Å²) < 4.78 is 11.1. The minimum Gasteiger partial charge on any atom is -0.461 e. The molecule has 1 aromatic heterocycles. The Balaban J connectivity index is 2.56. The molecule has 0 fully saturated rings. The minimum absolute atomic E-state index is 0.397. The molecule has 4 nitrogen and oxygen atoms in total. The van der Waals surface area contributed by atoms with Crippen LogP contribution in [-0.4, -0.2) is 10.8 Å². The number of hydrogen-bond donors (Lipinski definition) is 0. The number of aromatic nitrogens is 1. The normalized spacial score (nSPS) is 17.5. The zero-order valence-electron chi connectivity index (χ0n) is 9.00. The molecule has 78 valence electrons. The molecule has 2 heterocycles. The first kappa shape index (κ1) is 9.94. The van der Waals surface area contributed by atoms with E-state index in [1.54, 1.807) is 6.20 Å². The molecule has 0 bridgehead atoms. The van der Waals surface area contributed by atoms with Gasteiger partial charge in [0.15, 0.2) is 5.75 Å². The summed E-state index contributed by atoms with van der Waals surface area (Å²) in [5, 5.41) is 8.91. The topological polar surface area (TPSA) is 55.1 Å². The average molecular weight is 204 g/mol. The zero-order chi connectivity index (χ0) is 11.1. The summed E-state index contributed by atoms with van der Waals surface area (Å²) in [5.74, 6) is 0.0401. The van der Waals surface area contributed by atoms with Gasteiger partial charge in [0.05, 0.1) is 17.9 Å². The van der Waals surface area contributed by atoms with E-state index in [9.17, 15) is 0 Å². The average Bonchev–Trinajstić information content (AvgIpc) is 2.18. The van der Waals surface area contributed by atoms with E-state index in [-0.39, 0.29) is 0 Å². The molecule has 0 spiro atoms. The molecule has 0 aromatic carbocycles. The first-order valence-electron chi connectivity index (χ1n) is 4.75. The van der Waals surface area contributed by atoms with Crippen LogP contribution >= 0.6 is 0 Å². The van der Waals surface area contributed by atoms with Crippen molar-refractivity contribution in [1.82, 2.24) is 4.98 Å². The molecule has 0 radical (unpaired) electrons. The van der Waals surface area contributed by atoms with Crippen molar-refractivity contribution < 1.29 is 9.47 Å². The highest BCUT2D eigenvalue weighted by Crippen LogP contribution is 2.34. The fourth-order valence-electron chi connectivity index (χ4n) is 1.53. The highest BCUT2D eigenvalue weighted by atomic mass is 16.7. The van der Waals surface area contributed by atoms with E-state index in [1.165, 1.54) is 0 Å². The summed E-state index contributed by atoms with van der Waals surface area (Å²) in [6.45, 7) is 5.94. The van der Waals surface area contributed by atoms with Crippen LogP contribution in [0.15, 0.2) is 6.20 Å². The maximum atomic E-state index is 8.91. The van der Waals surface area contributed by atoms with E-state index in [0.29, 0.717) is 17.9 Å². The van der Waals surface area contributed by atoms with Crippen LogP contribution in [0, 0.1) is 18.3 Å². The lowest BCUT2D eigenvalue weighted by molar-refractivity contribution is -0.180. The summed E-state index contributed by atoms with van der Waals surface area (Å²) in [6, 6.07) is 2.09. The number of nitriles is 1. The van der Waals surface area contributed by atoms with Gasteiger partial charge >= 0.3 is 0 Å². The fraction of sp³-hybridized carbons (Fsp3) is 0.455. The van der Waals surface area contributed by atoms with Crippen molar-refractivity contribution in [2.45, 2.75) is 33.2 Å². The van der Waals surface area contributed by atoms with Gasteiger partial charge in [-0.15, -0.1) is 0 Å². The highest BCUT2D eigenvalue weighted by Gasteiger charge is 2.30. The van der Waals surface area contributed by atoms with Gasteiger partial charge in [0.1, 0.15) is 6.07 Å². The second kappa shape index (κ2) is 3.21. The predicted octanol–water partition coefficient (Wildman–Crippen LogP) is 1.91. The third-order valence-corrected chi connectivity index (χ3v) is 2.35. The van der Waals surface area contributed by atoms with Gasteiger partial charge in [-0.3, -0.25) is 4.98 Å². The van der Waals surface area contributed by atoms with E-state index in [4.69, 9.17) is 14.7 Å². The van der Waals surface area contributed by atoms with Crippen LogP contribution in [0.4, 0.5) is 0 Å². The third-order valence-electron chi connectivity index (χ3n) is 2.35. The monoisotopic (exact) mass is 204 g/mol. The molecule has 0 amide bonds. The van der Waals surface area contributed by atoms with Gasteiger partial charge in [-0.05, 0) is 6.92 Å². The third kappa shape index (κ3) is 1.66.